The number of aliphatic hydroxyl groups is 1. The molecular weight excluding hydrogens is 258 g/mol. The number of carboxylic acid groups (broad SMARTS) is 1. The van der Waals surface area contributed by atoms with Crippen LogP contribution in [0.2, 0.25) is 5.02 Å². The molecule has 0 aromatic heterocycles. The highest BCUT2D eigenvalue weighted by Gasteiger charge is 2.39. The first-order valence-corrected chi connectivity index (χ1v) is 5.96. The van der Waals surface area contributed by atoms with Crippen molar-refractivity contribution in [2.24, 2.45) is 0 Å². The van der Waals surface area contributed by atoms with E-state index in [4.69, 9.17) is 21.4 Å². The lowest BCUT2D eigenvalue weighted by Crippen LogP contribution is -2.40. The van der Waals surface area contributed by atoms with Crippen molar-refractivity contribution in [1.29, 1.82) is 0 Å². The molecule has 0 amide bonds. The summed E-state index contributed by atoms with van der Waals surface area (Å²) in [7, 11) is 0. The Hall–Kier alpha value is -1.14. The number of carboxylic acids is 1. The van der Waals surface area contributed by atoms with Gasteiger partial charge in [0, 0.05) is 11.6 Å². The van der Waals surface area contributed by atoms with Gasteiger partial charge in [-0.05, 0) is 17.7 Å². The molecule has 1 aromatic carbocycles. The second-order valence-electron chi connectivity index (χ2n) is 4.19. The first kappa shape index (κ1) is 13.3. The second kappa shape index (κ2) is 5.67. The average molecular weight is 272 g/mol. The molecule has 1 saturated heterocycles. The van der Waals surface area contributed by atoms with Gasteiger partial charge in [0.1, 0.15) is 12.1 Å². The van der Waals surface area contributed by atoms with Crippen molar-refractivity contribution in [2.45, 2.75) is 24.9 Å². The first-order valence-electron chi connectivity index (χ1n) is 5.58. The van der Waals surface area contributed by atoms with Gasteiger partial charge in [-0.15, -0.1) is 0 Å². The standard InChI is InChI=1S/C12H14ClNO4/c13-8-3-1-2-7(4-8)6-18-9-5-14-10(11(9)15)12(16)17/h1-4,9-11,14-15H,5-6H2,(H,16,17)/t9-,10-,11+/m0/s1. The van der Waals surface area contributed by atoms with Crippen LogP contribution in [-0.4, -0.2) is 41.0 Å². The van der Waals surface area contributed by atoms with Crippen molar-refractivity contribution >= 4 is 17.6 Å². The molecule has 1 aliphatic rings. The van der Waals surface area contributed by atoms with Crippen LogP contribution in [0.25, 0.3) is 0 Å². The Labute approximate surface area is 109 Å². The van der Waals surface area contributed by atoms with E-state index in [1.807, 2.05) is 12.1 Å². The number of hydrogen-bond donors (Lipinski definition) is 3. The Morgan fingerprint density at radius 3 is 2.94 bits per heavy atom. The van der Waals surface area contributed by atoms with E-state index < -0.39 is 24.2 Å². The van der Waals surface area contributed by atoms with Gasteiger partial charge in [-0.2, -0.15) is 0 Å². The molecule has 0 spiro atoms. The Balaban J connectivity index is 1.90. The smallest absolute Gasteiger partial charge is 0.323 e. The fourth-order valence-corrected chi connectivity index (χ4v) is 2.13. The largest absolute Gasteiger partial charge is 0.480 e. The lowest BCUT2D eigenvalue weighted by Gasteiger charge is -2.16. The van der Waals surface area contributed by atoms with Crippen molar-refractivity contribution < 1.29 is 19.7 Å². The lowest BCUT2D eigenvalue weighted by atomic mass is 10.1. The Morgan fingerprint density at radius 1 is 1.56 bits per heavy atom. The number of ether oxygens (including phenoxy) is 1. The number of halogens is 1. The zero-order valence-electron chi connectivity index (χ0n) is 9.54. The third kappa shape index (κ3) is 3.00. The zero-order valence-corrected chi connectivity index (χ0v) is 10.3. The molecule has 0 radical (unpaired) electrons. The molecule has 1 fully saturated rings. The molecule has 98 valence electrons. The Kier molecular flexibility index (Phi) is 4.19. The summed E-state index contributed by atoms with van der Waals surface area (Å²) in [5.74, 6) is -1.07. The lowest BCUT2D eigenvalue weighted by molar-refractivity contribution is -0.142. The van der Waals surface area contributed by atoms with Crippen LogP contribution in [0.15, 0.2) is 24.3 Å². The van der Waals surface area contributed by atoms with Gasteiger partial charge in [0.25, 0.3) is 0 Å². The monoisotopic (exact) mass is 271 g/mol. The number of rotatable bonds is 4. The van der Waals surface area contributed by atoms with Gasteiger partial charge in [0.15, 0.2) is 0 Å². The average Bonchev–Trinajstić information content (AvgIpc) is 2.68. The summed E-state index contributed by atoms with van der Waals surface area (Å²) in [5, 5.41) is 21.9. The topological polar surface area (TPSA) is 78.8 Å². The highest BCUT2D eigenvalue weighted by Crippen LogP contribution is 2.16. The molecule has 1 aromatic rings. The van der Waals surface area contributed by atoms with Crippen LogP contribution in [0.3, 0.4) is 0 Å². The number of carbonyl (C=O) groups is 1. The van der Waals surface area contributed by atoms with E-state index in [0.29, 0.717) is 11.6 Å². The third-order valence-corrected chi connectivity index (χ3v) is 3.12. The molecule has 2 rings (SSSR count). The Morgan fingerprint density at radius 2 is 2.33 bits per heavy atom. The molecule has 0 bridgehead atoms. The maximum Gasteiger partial charge on any atom is 0.323 e. The predicted octanol–water partition coefficient (Wildman–Crippen LogP) is 0.642. The number of aliphatic hydroxyl groups excluding tert-OH is 1. The van der Waals surface area contributed by atoms with E-state index in [1.54, 1.807) is 12.1 Å². The van der Waals surface area contributed by atoms with E-state index >= 15 is 0 Å². The van der Waals surface area contributed by atoms with E-state index in [9.17, 15) is 9.90 Å². The van der Waals surface area contributed by atoms with Crippen LogP contribution < -0.4 is 5.32 Å². The van der Waals surface area contributed by atoms with Gasteiger partial charge in [-0.3, -0.25) is 10.1 Å². The summed E-state index contributed by atoms with van der Waals surface area (Å²) in [6.45, 7) is 0.606. The molecule has 1 aliphatic heterocycles. The van der Waals surface area contributed by atoms with Crippen molar-refractivity contribution in [2.75, 3.05) is 6.54 Å². The first-order chi connectivity index (χ1) is 8.58. The van der Waals surface area contributed by atoms with Gasteiger partial charge < -0.3 is 14.9 Å². The van der Waals surface area contributed by atoms with Crippen LogP contribution in [0, 0.1) is 0 Å². The van der Waals surface area contributed by atoms with Crippen LogP contribution >= 0.6 is 11.6 Å². The molecule has 1 heterocycles. The normalized spacial score (nSPS) is 27.3. The molecule has 3 atom stereocenters. The molecule has 5 nitrogen and oxygen atoms in total. The van der Waals surface area contributed by atoms with Crippen LogP contribution in [-0.2, 0) is 16.1 Å². The summed E-state index contributed by atoms with van der Waals surface area (Å²) in [6.07, 6.45) is -1.56. The third-order valence-electron chi connectivity index (χ3n) is 2.88. The number of hydrogen-bond acceptors (Lipinski definition) is 4. The summed E-state index contributed by atoms with van der Waals surface area (Å²) in [5.41, 5.74) is 0.883. The second-order valence-corrected chi connectivity index (χ2v) is 4.63. The zero-order chi connectivity index (χ0) is 13.1. The molecule has 0 unspecified atom stereocenters. The van der Waals surface area contributed by atoms with Crippen molar-refractivity contribution in [3.8, 4) is 0 Å². The Bertz CT molecular complexity index is 440. The van der Waals surface area contributed by atoms with Crippen LogP contribution in [0.4, 0.5) is 0 Å². The maximum atomic E-state index is 10.8. The van der Waals surface area contributed by atoms with Crippen molar-refractivity contribution in [3.05, 3.63) is 34.9 Å². The van der Waals surface area contributed by atoms with Gasteiger partial charge in [0.05, 0.1) is 12.7 Å². The molecule has 3 N–H and O–H groups in total. The maximum absolute atomic E-state index is 10.8. The molecule has 0 aliphatic carbocycles. The number of aliphatic carboxylic acids is 1. The van der Waals surface area contributed by atoms with Gasteiger partial charge >= 0.3 is 5.97 Å². The molecule has 0 saturated carbocycles. The number of nitrogens with one attached hydrogen (secondary N) is 1. The minimum absolute atomic E-state index is 0.288. The van der Waals surface area contributed by atoms with Crippen molar-refractivity contribution in [3.63, 3.8) is 0 Å². The van der Waals surface area contributed by atoms with Gasteiger partial charge in [-0.25, -0.2) is 0 Å². The summed E-state index contributed by atoms with van der Waals surface area (Å²) < 4.78 is 5.50. The van der Waals surface area contributed by atoms with Crippen molar-refractivity contribution in [1.82, 2.24) is 5.32 Å². The SMILES string of the molecule is O=C(O)[C@H]1NC[C@H](OCc2cccc(Cl)c2)[C@H]1O. The predicted molar refractivity (Wildman–Crippen MR) is 65.5 cm³/mol. The molecule has 6 heteroatoms. The summed E-state index contributed by atoms with van der Waals surface area (Å²) in [6, 6.07) is 6.23. The van der Waals surface area contributed by atoms with Crippen LogP contribution in [0.5, 0.6) is 0 Å². The van der Waals surface area contributed by atoms with E-state index in [-0.39, 0.29) is 6.61 Å². The fraction of sp³-hybridized carbons (Fsp3) is 0.417. The minimum atomic E-state index is -1.07. The summed E-state index contributed by atoms with van der Waals surface area (Å²) in [4.78, 5) is 10.8. The molecule has 18 heavy (non-hydrogen) atoms. The quantitative estimate of drug-likeness (QED) is 0.749. The van der Waals surface area contributed by atoms with E-state index in [2.05, 4.69) is 5.32 Å². The van der Waals surface area contributed by atoms with Gasteiger partial charge in [-0.1, -0.05) is 23.7 Å². The van der Waals surface area contributed by atoms with E-state index in [1.165, 1.54) is 0 Å². The van der Waals surface area contributed by atoms with Crippen LogP contribution in [0.1, 0.15) is 5.56 Å². The molecular formula is C12H14ClNO4. The summed E-state index contributed by atoms with van der Waals surface area (Å²) >= 11 is 5.84. The minimum Gasteiger partial charge on any atom is -0.480 e. The van der Waals surface area contributed by atoms with E-state index in [0.717, 1.165) is 5.56 Å². The fourth-order valence-electron chi connectivity index (χ4n) is 1.92. The highest BCUT2D eigenvalue weighted by molar-refractivity contribution is 6.30. The van der Waals surface area contributed by atoms with Gasteiger partial charge in [0.2, 0.25) is 0 Å². The highest BCUT2D eigenvalue weighted by atomic mass is 35.5. The number of benzene rings is 1.